The van der Waals surface area contributed by atoms with Gasteiger partial charge >= 0.3 is 0 Å². The zero-order valence-corrected chi connectivity index (χ0v) is 14.6. The average molecular weight is 335 g/mol. The van der Waals surface area contributed by atoms with Gasteiger partial charge in [0, 0.05) is 25.7 Å². The van der Waals surface area contributed by atoms with E-state index in [1.165, 1.54) is 11.1 Å². The molecule has 4 heteroatoms. The molecule has 0 aliphatic heterocycles. The highest BCUT2D eigenvalue weighted by molar-refractivity contribution is 8.76. The molecule has 0 aliphatic rings. The van der Waals surface area contributed by atoms with E-state index in [-0.39, 0.29) is 12.2 Å². The molecule has 2 rings (SSSR count). The van der Waals surface area contributed by atoms with Crippen molar-refractivity contribution < 1.29 is 9.47 Å². The van der Waals surface area contributed by atoms with Crippen molar-refractivity contribution in [1.29, 1.82) is 0 Å². The molecule has 2 unspecified atom stereocenters. The first-order valence-corrected chi connectivity index (χ1v) is 9.74. The van der Waals surface area contributed by atoms with E-state index in [1.54, 1.807) is 14.2 Å². The minimum atomic E-state index is 0.136. The SMILES string of the molecule is COC(CSSCC(OC)c1ccccc1)c1ccccc1. The van der Waals surface area contributed by atoms with Gasteiger partial charge in [-0.05, 0) is 11.1 Å². The molecule has 2 nitrogen and oxygen atoms in total. The van der Waals surface area contributed by atoms with Crippen LogP contribution in [-0.2, 0) is 9.47 Å². The molecule has 2 atom stereocenters. The van der Waals surface area contributed by atoms with Gasteiger partial charge < -0.3 is 9.47 Å². The largest absolute Gasteiger partial charge is 0.376 e. The summed E-state index contributed by atoms with van der Waals surface area (Å²) in [6, 6.07) is 20.7. The van der Waals surface area contributed by atoms with Crippen LogP contribution in [0.1, 0.15) is 23.3 Å². The van der Waals surface area contributed by atoms with Crippen LogP contribution in [0, 0.1) is 0 Å². The van der Waals surface area contributed by atoms with Crippen LogP contribution in [0.2, 0.25) is 0 Å². The summed E-state index contributed by atoms with van der Waals surface area (Å²) in [5, 5.41) is 0. The van der Waals surface area contributed by atoms with E-state index in [0.717, 1.165) is 11.5 Å². The number of methoxy groups -OCH3 is 2. The number of ether oxygens (including phenoxy) is 2. The van der Waals surface area contributed by atoms with E-state index in [0.29, 0.717) is 0 Å². The summed E-state index contributed by atoms with van der Waals surface area (Å²) in [7, 11) is 7.20. The fourth-order valence-electron chi connectivity index (χ4n) is 2.16. The minimum Gasteiger partial charge on any atom is -0.376 e. The Kier molecular flexibility index (Phi) is 7.88. The van der Waals surface area contributed by atoms with E-state index in [2.05, 4.69) is 48.5 Å². The van der Waals surface area contributed by atoms with Crippen molar-refractivity contribution in [1.82, 2.24) is 0 Å². The quantitative estimate of drug-likeness (QED) is 0.466. The number of hydrogen-bond donors (Lipinski definition) is 0. The lowest BCUT2D eigenvalue weighted by Crippen LogP contribution is -2.05. The molecule has 0 N–H and O–H groups in total. The third-order valence-electron chi connectivity index (χ3n) is 3.43. The van der Waals surface area contributed by atoms with Gasteiger partial charge in [-0.15, -0.1) is 0 Å². The van der Waals surface area contributed by atoms with Crippen LogP contribution in [0.15, 0.2) is 60.7 Å². The highest BCUT2D eigenvalue weighted by Crippen LogP contribution is 2.33. The van der Waals surface area contributed by atoms with Crippen molar-refractivity contribution >= 4 is 21.6 Å². The van der Waals surface area contributed by atoms with E-state index in [9.17, 15) is 0 Å². The van der Waals surface area contributed by atoms with Crippen molar-refractivity contribution in [2.24, 2.45) is 0 Å². The third kappa shape index (κ3) is 5.36. The number of hydrogen-bond acceptors (Lipinski definition) is 4. The summed E-state index contributed by atoms with van der Waals surface area (Å²) >= 11 is 0. The smallest absolute Gasteiger partial charge is 0.0919 e. The fraction of sp³-hybridized carbons (Fsp3) is 0.333. The maximum absolute atomic E-state index is 5.59. The monoisotopic (exact) mass is 334 g/mol. The zero-order chi connectivity index (χ0) is 15.6. The lowest BCUT2D eigenvalue weighted by molar-refractivity contribution is 0.123. The van der Waals surface area contributed by atoms with Gasteiger partial charge in [0.15, 0.2) is 0 Å². The van der Waals surface area contributed by atoms with Gasteiger partial charge in [-0.1, -0.05) is 82.3 Å². The van der Waals surface area contributed by atoms with Crippen LogP contribution in [0.4, 0.5) is 0 Å². The molecule has 0 heterocycles. The van der Waals surface area contributed by atoms with Crippen LogP contribution in [0.5, 0.6) is 0 Å². The Bertz CT molecular complexity index is 470. The third-order valence-corrected chi connectivity index (χ3v) is 5.79. The first-order valence-electron chi connectivity index (χ1n) is 7.25. The first-order chi connectivity index (χ1) is 10.8. The van der Waals surface area contributed by atoms with Gasteiger partial charge in [0.05, 0.1) is 12.2 Å². The highest BCUT2D eigenvalue weighted by atomic mass is 33.1. The lowest BCUT2D eigenvalue weighted by Gasteiger charge is -2.17. The number of benzene rings is 2. The highest BCUT2D eigenvalue weighted by Gasteiger charge is 2.13. The van der Waals surface area contributed by atoms with Crippen molar-refractivity contribution in [2.75, 3.05) is 25.7 Å². The zero-order valence-electron chi connectivity index (χ0n) is 13.0. The molecular weight excluding hydrogens is 312 g/mol. The predicted octanol–water partition coefficient (Wildman–Crippen LogP) is 5.14. The second-order valence-electron chi connectivity index (χ2n) is 4.84. The van der Waals surface area contributed by atoms with Crippen molar-refractivity contribution in [3.05, 3.63) is 71.8 Å². The topological polar surface area (TPSA) is 18.5 Å². The van der Waals surface area contributed by atoms with Crippen LogP contribution < -0.4 is 0 Å². The first kappa shape index (κ1) is 17.4. The molecule has 0 saturated carbocycles. The van der Waals surface area contributed by atoms with Crippen LogP contribution in [0.3, 0.4) is 0 Å². The summed E-state index contributed by atoms with van der Waals surface area (Å²) in [6.07, 6.45) is 0.271. The van der Waals surface area contributed by atoms with Gasteiger partial charge in [0.25, 0.3) is 0 Å². The Hall–Kier alpha value is -0.940. The molecule has 2 aromatic carbocycles. The normalized spacial score (nSPS) is 13.7. The Morgan fingerprint density at radius 1 is 0.682 bits per heavy atom. The van der Waals surface area contributed by atoms with E-state index < -0.39 is 0 Å². The molecule has 118 valence electrons. The molecular formula is C18H22O2S2. The fourth-order valence-corrected chi connectivity index (χ4v) is 4.57. The van der Waals surface area contributed by atoms with Crippen LogP contribution in [-0.4, -0.2) is 25.7 Å². The second kappa shape index (κ2) is 9.95. The van der Waals surface area contributed by atoms with Crippen LogP contribution >= 0.6 is 21.6 Å². The average Bonchev–Trinajstić information content (AvgIpc) is 2.60. The molecule has 0 amide bonds. The molecule has 0 fully saturated rings. The van der Waals surface area contributed by atoms with Gasteiger partial charge in [-0.3, -0.25) is 0 Å². The van der Waals surface area contributed by atoms with E-state index in [4.69, 9.17) is 9.47 Å². The summed E-state index contributed by atoms with van der Waals surface area (Å²) in [5.74, 6) is 1.85. The molecule has 2 aromatic rings. The predicted molar refractivity (Wildman–Crippen MR) is 97.3 cm³/mol. The lowest BCUT2D eigenvalue weighted by atomic mass is 10.1. The molecule has 0 radical (unpaired) electrons. The molecule has 0 aromatic heterocycles. The van der Waals surface area contributed by atoms with Crippen LogP contribution in [0.25, 0.3) is 0 Å². The summed E-state index contributed by atoms with van der Waals surface area (Å²) in [4.78, 5) is 0. The van der Waals surface area contributed by atoms with Gasteiger partial charge in [0.1, 0.15) is 0 Å². The molecule has 0 aliphatic carbocycles. The Morgan fingerprint density at radius 3 is 1.36 bits per heavy atom. The van der Waals surface area contributed by atoms with Crippen molar-refractivity contribution in [3.8, 4) is 0 Å². The number of rotatable bonds is 9. The van der Waals surface area contributed by atoms with Crippen molar-refractivity contribution in [2.45, 2.75) is 12.2 Å². The van der Waals surface area contributed by atoms with Gasteiger partial charge in [0.2, 0.25) is 0 Å². The molecule has 22 heavy (non-hydrogen) atoms. The maximum atomic E-state index is 5.59. The molecule has 0 saturated heterocycles. The second-order valence-corrected chi connectivity index (χ2v) is 7.39. The molecule has 0 bridgehead atoms. The summed E-state index contributed by atoms with van der Waals surface area (Å²) < 4.78 is 11.2. The Balaban J connectivity index is 1.78. The summed E-state index contributed by atoms with van der Waals surface area (Å²) in [6.45, 7) is 0. The standard InChI is InChI=1S/C18H22O2S2/c1-19-17(15-9-5-3-6-10-15)13-21-22-14-18(20-2)16-11-7-4-8-12-16/h3-12,17-18H,13-14H2,1-2H3. The van der Waals surface area contributed by atoms with Crippen molar-refractivity contribution in [3.63, 3.8) is 0 Å². The summed E-state index contributed by atoms with van der Waals surface area (Å²) in [5.41, 5.74) is 2.45. The van der Waals surface area contributed by atoms with Gasteiger partial charge in [-0.2, -0.15) is 0 Å². The molecule has 0 spiro atoms. The Labute approximate surface area is 141 Å². The van der Waals surface area contributed by atoms with E-state index in [1.807, 2.05) is 33.7 Å². The Morgan fingerprint density at radius 2 is 1.05 bits per heavy atom. The van der Waals surface area contributed by atoms with E-state index >= 15 is 0 Å². The van der Waals surface area contributed by atoms with Gasteiger partial charge in [-0.25, -0.2) is 0 Å². The maximum Gasteiger partial charge on any atom is 0.0919 e. The minimum absolute atomic E-state index is 0.136.